The quantitative estimate of drug-likeness (QED) is 0.648. The number of carbonyl (C=O) groups is 1. The van der Waals surface area contributed by atoms with Crippen LogP contribution in [-0.4, -0.2) is 33.8 Å². The van der Waals surface area contributed by atoms with E-state index in [2.05, 4.69) is 32.8 Å². The number of nitrogens with one attached hydrogen (secondary N) is 2. The minimum atomic E-state index is -0.0365. The van der Waals surface area contributed by atoms with Gasteiger partial charge in [-0.05, 0) is 60.3 Å². The van der Waals surface area contributed by atoms with Crippen LogP contribution in [0.15, 0.2) is 55.1 Å². The van der Waals surface area contributed by atoms with Crippen molar-refractivity contribution in [3.63, 3.8) is 0 Å². The minimum absolute atomic E-state index is 0. The molecule has 1 aliphatic rings. The van der Waals surface area contributed by atoms with Crippen LogP contribution >= 0.6 is 24.8 Å². The van der Waals surface area contributed by atoms with Crippen LogP contribution in [0.5, 0.6) is 0 Å². The van der Waals surface area contributed by atoms with E-state index in [0.29, 0.717) is 13.1 Å². The molecule has 0 aliphatic carbocycles. The number of benzene rings is 2. The Hall–Kier alpha value is -2.41. The van der Waals surface area contributed by atoms with E-state index in [1.165, 1.54) is 17.5 Å². The molecule has 2 N–H and O–H groups in total. The summed E-state index contributed by atoms with van der Waals surface area (Å²) in [6.07, 6.45) is 5.21. The Balaban J connectivity index is 0.00000150. The summed E-state index contributed by atoms with van der Waals surface area (Å²) >= 11 is 0. The second kappa shape index (κ2) is 11.0. The molecule has 154 valence electrons. The van der Waals surface area contributed by atoms with Crippen molar-refractivity contribution in [2.24, 2.45) is 0 Å². The van der Waals surface area contributed by atoms with E-state index in [9.17, 15) is 4.79 Å². The summed E-state index contributed by atoms with van der Waals surface area (Å²) < 4.78 is 1.78. The maximum atomic E-state index is 12.7. The van der Waals surface area contributed by atoms with Gasteiger partial charge >= 0.3 is 0 Å². The second-order valence-electron chi connectivity index (χ2n) is 6.78. The number of hydrogen-bond donors (Lipinski definition) is 2. The zero-order valence-corrected chi connectivity index (χ0v) is 17.6. The predicted octanol–water partition coefficient (Wildman–Crippen LogP) is 2.79. The molecule has 2 aromatic carbocycles. The normalized spacial score (nSPS) is 12.7. The Morgan fingerprint density at radius 1 is 1.03 bits per heavy atom. The van der Waals surface area contributed by atoms with Crippen LogP contribution in [0.3, 0.4) is 0 Å². The van der Waals surface area contributed by atoms with E-state index in [1.54, 1.807) is 11.0 Å². The lowest BCUT2D eigenvalue weighted by molar-refractivity contribution is 0.0950. The Labute approximate surface area is 182 Å². The molecule has 0 atom stereocenters. The lowest BCUT2D eigenvalue weighted by atomic mass is 9.99. The molecule has 1 amide bonds. The third-order valence-corrected chi connectivity index (χ3v) is 4.97. The van der Waals surface area contributed by atoms with Gasteiger partial charge in [0.1, 0.15) is 12.7 Å². The van der Waals surface area contributed by atoms with Gasteiger partial charge in [-0.1, -0.05) is 30.3 Å². The van der Waals surface area contributed by atoms with Crippen molar-refractivity contribution in [2.45, 2.75) is 25.9 Å². The molecule has 1 aliphatic heterocycles. The van der Waals surface area contributed by atoms with E-state index in [4.69, 9.17) is 0 Å². The first-order chi connectivity index (χ1) is 13.3. The van der Waals surface area contributed by atoms with Crippen molar-refractivity contribution in [1.29, 1.82) is 0 Å². The first kappa shape index (κ1) is 22.9. The van der Waals surface area contributed by atoms with Crippen LogP contribution in [0.4, 0.5) is 0 Å². The Bertz CT molecular complexity index is 931. The molecule has 0 spiro atoms. The highest BCUT2D eigenvalue weighted by Gasteiger charge is 2.12. The fourth-order valence-electron chi connectivity index (χ4n) is 3.47. The lowest BCUT2D eigenvalue weighted by Crippen LogP contribution is -2.24. The molecule has 6 nitrogen and oxygen atoms in total. The number of nitrogens with zero attached hydrogens (tertiary/aromatic N) is 3. The van der Waals surface area contributed by atoms with E-state index < -0.39 is 0 Å². The summed E-state index contributed by atoms with van der Waals surface area (Å²) in [6, 6.07) is 14.1. The molecule has 0 unspecified atom stereocenters. The number of carbonyl (C=O) groups excluding carboxylic acids is 1. The minimum Gasteiger partial charge on any atom is -0.348 e. The summed E-state index contributed by atoms with van der Waals surface area (Å²) in [6.45, 7) is 3.09. The third kappa shape index (κ3) is 5.79. The second-order valence-corrected chi connectivity index (χ2v) is 6.78. The predicted molar refractivity (Wildman–Crippen MR) is 118 cm³/mol. The zero-order chi connectivity index (χ0) is 18.5. The zero-order valence-electron chi connectivity index (χ0n) is 16.0. The highest BCUT2D eigenvalue weighted by molar-refractivity contribution is 5.94. The Morgan fingerprint density at radius 2 is 1.79 bits per heavy atom. The van der Waals surface area contributed by atoms with Crippen LogP contribution in [0, 0.1) is 0 Å². The van der Waals surface area contributed by atoms with Crippen molar-refractivity contribution in [3.8, 4) is 0 Å². The van der Waals surface area contributed by atoms with Gasteiger partial charge in [-0.3, -0.25) is 4.79 Å². The summed E-state index contributed by atoms with van der Waals surface area (Å²) in [5.74, 6) is -0.0365. The van der Waals surface area contributed by atoms with Crippen molar-refractivity contribution in [3.05, 3.63) is 82.9 Å². The van der Waals surface area contributed by atoms with Gasteiger partial charge in [-0.2, -0.15) is 5.10 Å². The molecule has 0 bridgehead atoms. The summed E-state index contributed by atoms with van der Waals surface area (Å²) in [4.78, 5) is 16.6. The van der Waals surface area contributed by atoms with E-state index >= 15 is 0 Å². The van der Waals surface area contributed by atoms with E-state index in [1.807, 2.05) is 30.3 Å². The highest BCUT2D eigenvalue weighted by atomic mass is 35.5. The molecule has 1 aromatic heterocycles. The van der Waals surface area contributed by atoms with Crippen molar-refractivity contribution >= 4 is 30.7 Å². The largest absolute Gasteiger partial charge is 0.348 e. The maximum absolute atomic E-state index is 12.7. The number of fused-ring (bicyclic) bond motifs is 1. The van der Waals surface area contributed by atoms with Crippen LogP contribution in [0.25, 0.3) is 0 Å². The number of halogens is 2. The molecule has 29 heavy (non-hydrogen) atoms. The standard InChI is InChI=1S/C21H23N5O.2ClH/c27-21(18-6-5-16-7-9-22-10-8-17(16)11-18)24-12-19-3-1-2-4-20(19)13-26-15-23-14-25-26;;/h1-6,11,14-15,22H,7-10,12-13H2,(H,24,27);2*1H. The Kier molecular flexibility index (Phi) is 8.64. The Morgan fingerprint density at radius 3 is 2.55 bits per heavy atom. The van der Waals surface area contributed by atoms with Gasteiger partial charge < -0.3 is 10.6 Å². The molecule has 0 radical (unpaired) electrons. The molecule has 0 saturated heterocycles. The van der Waals surface area contributed by atoms with E-state index in [0.717, 1.165) is 42.6 Å². The molecule has 4 rings (SSSR count). The monoisotopic (exact) mass is 433 g/mol. The van der Waals surface area contributed by atoms with E-state index in [-0.39, 0.29) is 30.7 Å². The first-order valence-electron chi connectivity index (χ1n) is 9.29. The number of hydrogen-bond acceptors (Lipinski definition) is 4. The van der Waals surface area contributed by atoms with Gasteiger partial charge in [0.05, 0.1) is 6.54 Å². The average molecular weight is 434 g/mol. The van der Waals surface area contributed by atoms with Crippen molar-refractivity contribution in [1.82, 2.24) is 25.4 Å². The maximum Gasteiger partial charge on any atom is 0.251 e. The van der Waals surface area contributed by atoms with Gasteiger partial charge in [0.15, 0.2) is 0 Å². The van der Waals surface area contributed by atoms with Crippen molar-refractivity contribution < 1.29 is 4.79 Å². The van der Waals surface area contributed by atoms with Crippen LogP contribution in [-0.2, 0) is 25.9 Å². The molecule has 0 saturated carbocycles. The summed E-state index contributed by atoms with van der Waals surface area (Å²) in [5, 5.41) is 10.6. The first-order valence-corrected chi connectivity index (χ1v) is 9.29. The van der Waals surface area contributed by atoms with Crippen LogP contribution in [0.1, 0.15) is 32.6 Å². The molecular weight excluding hydrogens is 409 g/mol. The van der Waals surface area contributed by atoms with Crippen LogP contribution in [0.2, 0.25) is 0 Å². The van der Waals surface area contributed by atoms with Gasteiger partial charge in [-0.15, -0.1) is 24.8 Å². The molecule has 8 heteroatoms. The molecular formula is C21H25Cl2N5O. The smallest absolute Gasteiger partial charge is 0.251 e. The SMILES string of the molecule is Cl.Cl.O=C(NCc1ccccc1Cn1cncn1)c1ccc2c(c1)CCNCC2. The summed E-state index contributed by atoms with van der Waals surface area (Å²) in [5.41, 5.74) is 5.55. The van der Waals surface area contributed by atoms with Gasteiger partial charge in [-0.25, -0.2) is 9.67 Å². The van der Waals surface area contributed by atoms with Gasteiger partial charge in [0.2, 0.25) is 0 Å². The fraction of sp³-hybridized carbons (Fsp3) is 0.286. The molecule has 3 aromatic rings. The lowest BCUT2D eigenvalue weighted by Gasteiger charge is -2.12. The van der Waals surface area contributed by atoms with Crippen LogP contribution < -0.4 is 10.6 Å². The topological polar surface area (TPSA) is 71.8 Å². The number of rotatable bonds is 5. The number of aromatic nitrogens is 3. The molecule has 0 fully saturated rings. The van der Waals surface area contributed by atoms with Gasteiger partial charge in [0, 0.05) is 12.1 Å². The third-order valence-electron chi connectivity index (χ3n) is 4.97. The van der Waals surface area contributed by atoms with Gasteiger partial charge in [0.25, 0.3) is 5.91 Å². The fourth-order valence-corrected chi connectivity index (χ4v) is 3.47. The average Bonchev–Trinajstić information content (AvgIpc) is 3.09. The molecule has 2 heterocycles. The summed E-state index contributed by atoms with van der Waals surface area (Å²) in [7, 11) is 0. The highest BCUT2D eigenvalue weighted by Crippen LogP contribution is 2.16. The van der Waals surface area contributed by atoms with Crippen molar-refractivity contribution in [2.75, 3.05) is 13.1 Å². The number of amides is 1.